The molecule has 0 aromatic heterocycles. The van der Waals surface area contributed by atoms with Crippen LogP contribution in [0.25, 0.3) is 0 Å². The van der Waals surface area contributed by atoms with E-state index in [-0.39, 0.29) is 22.8 Å². The number of carboxylic acid groups (broad SMARTS) is 1. The highest BCUT2D eigenvalue weighted by Gasteiger charge is 2.59. The summed E-state index contributed by atoms with van der Waals surface area (Å²) in [5.74, 6) is -1.50. The Labute approximate surface area is 121 Å². The first-order valence-electron chi connectivity index (χ1n) is 7.63. The Kier molecular flexibility index (Phi) is 3.64. The van der Waals surface area contributed by atoms with Gasteiger partial charge in [-0.3, -0.25) is 9.59 Å². The molecule has 2 N–H and O–H groups in total. The average Bonchev–Trinajstić information content (AvgIpc) is 2.83. The fourth-order valence-corrected chi connectivity index (χ4v) is 4.38. The van der Waals surface area contributed by atoms with Crippen LogP contribution in [0.15, 0.2) is 0 Å². The van der Waals surface area contributed by atoms with Crippen molar-refractivity contribution < 1.29 is 14.7 Å². The van der Waals surface area contributed by atoms with E-state index in [1.54, 1.807) is 13.8 Å². The van der Waals surface area contributed by atoms with E-state index in [4.69, 9.17) is 5.11 Å². The van der Waals surface area contributed by atoms with Crippen molar-refractivity contribution in [3.63, 3.8) is 0 Å². The number of carbonyl (C=O) groups is 2. The molecule has 2 aliphatic rings. The number of carbonyl (C=O) groups excluding carboxylic acids is 1. The molecule has 20 heavy (non-hydrogen) atoms. The van der Waals surface area contributed by atoms with E-state index in [0.717, 1.165) is 6.42 Å². The van der Waals surface area contributed by atoms with Gasteiger partial charge in [0.25, 0.3) is 0 Å². The van der Waals surface area contributed by atoms with Crippen molar-refractivity contribution in [2.24, 2.45) is 28.6 Å². The lowest BCUT2D eigenvalue weighted by Gasteiger charge is -2.43. The van der Waals surface area contributed by atoms with Crippen molar-refractivity contribution in [3.05, 3.63) is 0 Å². The second-order valence-corrected chi connectivity index (χ2v) is 7.77. The summed E-state index contributed by atoms with van der Waals surface area (Å²) in [7, 11) is 0. The Morgan fingerprint density at radius 3 is 2.25 bits per heavy atom. The number of fused-ring (bicyclic) bond motifs is 2. The number of amides is 1. The number of rotatable bonds is 4. The van der Waals surface area contributed by atoms with Crippen LogP contribution < -0.4 is 5.32 Å². The molecule has 2 aliphatic carbocycles. The number of carboxylic acids is 1. The van der Waals surface area contributed by atoms with Crippen LogP contribution in [0.4, 0.5) is 0 Å². The molecule has 2 rings (SSSR count). The SMILES string of the molecule is CC(C(=O)O)C(C)C(=O)NC1C2(C)CCC(C2)C1(C)C. The molecule has 0 radical (unpaired) electrons. The van der Waals surface area contributed by atoms with Gasteiger partial charge in [0.05, 0.1) is 5.92 Å². The molecular formula is C16H27NO3. The standard InChI is InChI=1S/C16H27NO3/c1-9(10(2)13(19)20)12(18)17-14-15(3,4)11-6-7-16(14,5)8-11/h9-11,14H,6-8H2,1-5H3,(H,17,18)(H,19,20). The van der Waals surface area contributed by atoms with Gasteiger partial charge in [0, 0.05) is 12.0 Å². The lowest BCUT2D eigenvalue weighted by Crippen LogP contribution is -2.54. The Bertz CT molecular complexity index is 427. The van der Waals surface area contributed by atoms with Gasteiger partial charge in [0.15, 0.2) is 0 Å². The number of nitrogens with one attached hydrogen (secondary N) is 1. The summed E-state index contributed by atoms with van der Waals surface area (Å²) in [6.07, 6.45) is 3.58. The van der Waals surface area contributed by atoms with Gasteiger partial charge in [-0.1, -0.05) is 34.6 Å². The van der Waals surface area contributed by atoms with Crippen molar-refractivity contribution in [1.29, 1.82) is 0 Å². The number of hydrogen-bond acceptors (Lipinski definition) is 2. The third-order valence-corrected chi connectivity index (χ3v) is 6.11. The minimum absolute atomic E-state index is 0.106. The molecule has 2 bridgehead atoms. The molecule has 114 valence electrons. The fraction of sp³-hybridized carbons (Fsp3) is 0.875. The van der Waals surface area contributed by atoms with Crippen LogP contribution in [-0.4, -0.2) is 23.0 Å². The van der Waals surface area contributed by atoms with Crippen LogP contribution in [-0.2, 0) is 9.59 Å². The zero-order valence-corrected chi connectivity index (χ0v) is 13.2. The highest BCUT2D eigenvalue weighted by molar-refractivity contribution is 5.84. The third-order valence-electron chi connectivity index (χ3n) is 6.11. The molecular weight excluding hydrogens is 254 g/mol. The van der Waals surface area contributed by atoms with Crippen molar-refractivity contribution >= 4 is 11.9 Å². The first-order chi connectivity index (χ1) is 9.09. The van der Waals surface area contributed by atoms with Gasteiger partial charge in [-0.05, 0) is 36.0 Å². The van der Waals surface area contributed by atoms with Gasteiger partial charge in [0.1, 0.15) is 0 Å². The number of hydrogen-bond donors (Lipinski definition) is 2. The van der Waals surface area contributed by atoms with E-state index in [0.29, 0.717) is 5.92 Å². The Morgan fingerprint density at radius 2 is 1.80 bits per heavy atom. The summed E-state index contributed by atoms with van der Waals surface area (Å²) >= 11 is 0. The van der Waals surface area contributed by atoms with Crippen molar-refractivity contribution in [2.75, 3.05) is 0 Å². The summed E-state index contributed by atoms with van der Waals surface area (Å²) in [6.45, 7) is 10.0. The van der Waals surface area contributed by atoms with E-state index in [1.807, 2.05) is 0 Å². The summed E-state index contributed by atoms with van der Waals surface area (Å²) in [5.41, 5.74) is 0.283. The highest BCUT2D eigenvalue weighted by atomic mass is 16.4. The van der Waals surface area contributed by atoms with E-state index in [1.165, 1.54) is 12.8 Å². The molecule has 2 fully saturated rings. The molecule has 1 amide bonds. The summed E-state index contributed by atoms with van der Waals surface area (Å²) in [4.78, 5) is 23.4. The predicted octanol–water partition coefficient (Wildman–Crippen LogP) is 2.67. The summed E-state index contributed by atoms with van der Waals surface area (Å²) in [5, 5.41) is 12.2. The molecule has 0 heterocycles. The van der Waals surface area contributed by atoms with E-state index < -0.39 is 17.8 Å². The van der Waals surface area contributed by atoms with Gasteiger partial charge in [-0.2, -0.15) is 0 Å². The molecule has 0 aromatic carbocycles. The monoisotopic (exact) mass is 281 g/mol. The first kappa shape index (κ1) is 15.3. The fourth-order valence-electron chi connectivity index (χ4n) is 4.38. The lowest BCUT2D eigenvalue weighted by atomic mass is 9.68. The van der Waals surface area contributed by atoms with Gasteiger partial charge < -0.3 is 10.4 Å². The van der Waals surface area contributed by atoms with Crippen molar-refractivity contribution in [1.82, 2.24) is 5.32 Å². The van der Waals surface area contributed by atoms with Crippen LogP contribution in [0.1, 0.15) is 53.9 Å². The maximum Gasteiger partial charge on any atom is 0.307 e. The third kappa shape index (κ3) is 2.23. The molecule has 5 unspecified atom stereocenters. The Balaban J connectivity index is 2.10. The van der Waals surface area contributed by atoms with Crippen LogP contribution in [0.2, 0.25) is 0 Å². The molecule has 0 saturated heterocycles. The van der Waals surface area contributed by atoms with Crippen LogP contribution in [0.3, 0.4) is 0 Å². The maximum atomic E-state index is 12.4. The van der Waals surface area contributed by atoms with Crippen molar-refractivity contribution in [2.45, 2.75) is 59.9 Å². The summed E-state index contributed by atoms with van der Waals surface area (Å²) < 4.78 is 0. The smallest absolute Gasteiger partial charge is 0.307 e. The maximum absolute atomic E-state index is 12.4. The minimum Gasteiger partial charge on any atom is -0.481 e. The summed E-state index contributed by atoms with van der Waals surface area (Å²) in [6, 6.07) is 0.157. The largest absolute Gasteiger partial charge is 0.481 e. The second-order valence-electron chi connectivity index (χ2n) is 7.77. The predicted molar refractivity (Wildman–Crippen MR) is 77.1 cm³/mol. The van der Waals surface area contributed by atoms with Gasteiger partial charge in [-0.25, -0.2) is 0 Å². The molecule has 4 nitrogen and oxygen atoms in total. The van der Waals surface area contributed by atoms with Crippen LogP contribution in [0, 0.1) is 28.6 Å². The highest BCUT2D eigenvalue weighted by Crippen LogP contribution is 2.62. The number of aliphatic carboxylic acids is 1. The Hall–Kier alpha value is -1.06. The quantitative estimate of drug-likeness (QED) is 0.832. The molecule has 0 aliphatic heterocycles. The molecule has 2 saturated carbocycles. The average molecular weight is 281 g/mol. The molecule has 0 aromatic rings. The van der Waals surface area contributed by atoms with E-state index in [2.05, 4.69) is 26.1 Å². The van der Waals surface area contributed by atoms with Crippen LogP contribution in [0.5, 0.6) is 0 Å². The van der Waals surface area contributed by atoms with Gasteiger partial charge in [-0.15, -0.1) is 0 Å². The van der Waals surface area contributed by atoms with Gasteiger partial charge in [0.2, 0.25) is 5.91 Å². The molecule has 4 heteroatoms. The zero-order chi connectivity index (χ0) is 15.3. The lowest BCUT2D eigenvalue weighted by molar-refractivity contribution is -0.146. The van der Waals surface area contributed by atoms with E-state index >= 15 is 0 Å². The normalized spacial score (nSPS) is 37.5. The second kappa shape index (κ2) is 4.74. The van der Waals surface area contributed by atoms with E-state index in [9.17, 15) is 9.59 Å². The molecule has 0 spiro atoms. The Morgan fingerprint density at radius 1 is 1.20 bits per heavy atom. The topological polar surface area (TPSA) is 66.4 Å². The van der Waals surface area contributed by atoms with Gasteiger partial charge >= 0.3 is 5.97 Å². The zero-order valence-electron chi connectivity index (χ0n) is 13.2. The minimum atomic E-state index is -0.911. The van der Waals surface area contributed by atoms with Crippen LogP contribution >= 0.6 is 0 Å². The van der Waals surface area contributed by atoms with Crippen molar-refractivity contribution in [3.8, 4) is 0 Å². The molecule has 5 atom stereocenters. The first-order valence-corrected chi connectivity index (χ1v) is 7.63.